The molecule has 4 rings (SSSR count). The van der Waals surface area contributed by atoms with E-state index in [0.29, 0.717) is 26.0 Å². The summed E-state index contributed by atoms with van der Waals surface area (Å²) in [6, 6.07) is 9.98. The summed E-state index contributed by atoms with van der Waals surface area (Å²) in [6.45, 7) is 0.0791. The van der Waals surface area contributed by atoms with Crippen LogP contribution in [0.1, 0.15) is 21.7 Å². The van der Waals surface area contributed by atoms with Crippen LogP contribution in [0.3, 0.4) is 0 Å². The fourth-order valence-corrected chi connectivity index (χ4v) is 5.78. The molecule has 1 N–H and O–H groups in total. The molecule has 0 bridgehead atoms. The molecule has 2 amide bonds. The lowest BCUT2D eigenvalue weighted by Crippen LogP contribution is -2.31. The standard InChI is InChI=1S/C26H20F2N2O5S3/c1-34-21-11-16(4-5-18(21)25(33)35-2)29-23(31)7-8-30-24(32)22(38-26(30)36)12-17-9-15(13-37-17)14-3-6-19(27)20(28)10-14/h3-6,9-13H,7-8H2,1-2H3,(H,29,31)/b22-12-. The molecule has 0 saturated carbocycles. The number of thioether (sulfide) groups is 1. The third-order valence-electron chi connectivity index (χ3n) is 5.47. The van der Waals surface area contributed by atoms with E-state index in [1.807, 2.05) is 0 Å². The zero-order valence-corrected chi connectivity index (χ0v) is 22.5. The molecule has 7 nitrogen and oxygen atoms in total. The molecule has 3 aromatic rings. The maximum absolute atomic E-state index is 13.6. The molecule has 1 aliphatic heterocycles. The first-order valence-corrected chi connectivity index (χ1v) is 13.2. The average molecular weight is 575 g/mol. The number of carbonyl (C=O) groups excluding carboxylic acids is 3. The fourth-order valence-electron chi connectivity index (χ4n) is 3.56. The van der Waals surface area contributed by atoms with Crippen LogP contribution in [-0.4, -0.2) is 47.8 Å². The van der Waals surface area contributed by atoms with Crippen LogP contribution in [0.5, 0.6) is 5.75 Å². The van der Waals surface area contributed by atoms with Gasteiger partial charge in [-0.2, -0.15) is 0 Å². The second-order valence-electron chi connectivity index (χ2n) is 7.90. The Morgan fingerprint density at radius 1 is 1.08 bits per heavy atom. The highest BCUT2D eigenvalue weighted by atomic mass is 32.2. The Morgan fingerprint density at radius 2 is 1.87 bits per heavy atom. The van der Waals surface area contributed by atoms with E-state index in [-0.39, 0.29) is 36.1 Å². The fraction of sp³-hybridized carbons (Fsp3) is 0.154. The molecule has 1 fully saturated rings. The Kier molecular flexibility index (Phi) is 8.55. The Hall–Kier alpha value is -3.61. The number of rotatable bonds is 8. The highest BCUT2D eigenvalue weighted by Gasteiger charge is 2.32. The number of benzene rings is 2. The van der Waals surface area contributed by atoms with Crippen molar-refractivity contribution in [2.24, 2.45) is 0 Å². The van der Waals surface area contributed by atoms with Crippen molar-refractivity contribution in [3.05, 3.63) is 74.8 Å². The minimum absolute atomic E-state index is 0.0138. The molecule has 2 aromatic carbocycles. The topological polar surface area (TPSA) is 84.9 Å². The van der Waals surface area contributed by atoms with Crippen LogP contribution < -0.4 is 10.1 Å². The van der Waals surface area contributed by atoms with Crippen molar-refractivity contribution >= 4 is 69.2 Å². The highest BCUT2D eigenvalue weighted by molar-refractivity contribution is 8.26. The molecule has 38 heavy (non-hydrogen) atoms. The summed E-state index contributed by atoms with van der Waals surface area (Å²) < 4.78 is 37.0. The lowest BCUT2D eigenvalue weighted by atomic mass is 10.1. The number of thiophene rings is 1. The molecule has 1 aliphatic rings. The second-order valence-corrected chi connectivity index (χ2v) is 10.5. The van der Waals surface area contributed by atoms with Crippen LogP contribution in [0.4, 0.5) is 14.5 Å². The number of hydrogen-bond donors (Lipinski definition) is 1. The van der Waals surface area contributed by atoms with Crippen molar-refractivity contribution in [1.29, 1.82) is 0 Å². The van der Waals surface area contributed by atoms with E-state index in [1.165, 1.54) is 48.7 Å². The molecule has 0 aliphatic carbocycles. The van der Waals surface area contributed by atoms with Crippen molar-refractivity contribution in [1.82, 2.24) is 4.90 Å². The van der Waals surface area contributed by atoms with Crippen molar-refractivity contribution in [3.63, 3.8) is 0 Å². The molecule has 1 saturated heterocycles. The number of esters is 1. The van der Waals surface area contributed by atoms with E-state index in [1.54, 1.807) is 23.6 Å². The minimum atomic E-state index is -0.933. The van der Waals surface area contributed by atoms with Crippen LogP contribution in [0, 0.1) is 11.6 Å². The van der Waals surface area contributed by atoms with E-state index in [2.05, 4.69) is 5.32 Å². The van der Waals surface area contributed by atoms with Gasteiger partial charge in [-0.1, -0.05) is 30.0 Å². The summed E-state index contributed by atoms with van der Waals surface area (Å²) in [5.41, 5.74) is 1.86. The second kappa shape index (κ2) is 11.8. The largest absolute Gasteiger partial charge is 0.496 e. The molecule has 0 atom stereocenters. The van der Waals surface area contributed by atoms with Gasteiger partial charge in [0.25, 0.3) is 5.91 Å². The first kappa shape index (κ1) is 27.4. The Bertz CT molecular complexity index is 1470. The van der Waals surface area contributed by atoms with Gasteiger partial charge >= 0.3 is 5.97 Å². The van der Waals surface area contributed by atoms with Gasteiger partial charge in [-0.15, -0.1) is 11.3 Å². The van der Waals surface area contributed by atoms with Crippen molar-refractivity contribution in [2.75, 3.05) is 26.1 Å². The molecule has 0 unspecified atom stereocenters. The van der Waals surface area contributed by atoms with Crippen molar-refractivity contribution in [3.8, 4) is 16.9 Å². The molecule has 12 heteroatoms. The van der Waals surface area contributed by atoms with Gasteiger partial charge in [0.15, 0.2) is 11.6 Å². The summed E-state index contributed by atoms with van der Waals surface area (Å²) in [7, 11) is 2.66. The lowest BCUT2D eigenvalue weighted by molar-refractivity contribution is -0.122. The number of thiocarbonyl (C=S) groups is 1. The summed E-state index contributed by atoms with van der Waals surface area (Å²) in [5.74, 6) is -2.84. The van der Waals surface area contributed by atoms with Crippen molar-refractivity contribution in [2.45, 2.75) is 6.42 Å². The predicted molar refractivity (Wildman–Crippen MR) is 147 cm³/mol. The van der Waals surface area contributed by atoms with Crippen LogP contribution in [0.2, 0.25) is 0 Å². The normalized spacial score (nSPS) is 14.2. The summed E-state index contributed by atoms with van der Waals surface area (Å²) in [4.78, 5) is 39.7. The SMILES string of the molecule is COC(=O)c1ccc(NC(=O)CCN2C(=O)/C(=C/c3cc(-c4ccc(F)c(F)c4)cs3)SC2=S)cc1OC. The van der Waals surface area contributed by atoms with Crippen LogP contribution in [-0.2, 0) is 14.3 Å². The maximum atomic E-state index is 13.6. The molecule has 1 aromatic heterocycles. The quantitative estimate of drug-likeness (QED) is 0.209. The molecule has 0 radical (unpaired) electrons. The van der Waals surface area contributed by atoms with E-state index in [0.717, 1.165) is 28.8 Å². The van der Waals surface area contributed by atoms with E-state index >= 15 is 0 Å². The van der Waals surface area contributed by atoms with Gasteiger partial charge in [0.2, 0.25) is 5.91 Å². The molecular weight excluding hydrogens is 554 g/mol. The number of nitrogens with one attached hydrogen (secondary N) is 1. The Labute approximate surface area is 230 Å². The number of nitrogens with zero attached hydrogens (tertiary/aromatic N) is 1. The number of amides is 2. The summed E-state index contributed by atoms with van der Waals surface area (Å²) in [6.07, 6.45) is 1.67. The van der Waals surface area contributed by atoms with Crippen LogP contribution in [0.15, 0.2) is 52.7 Å². The minimum Gasteiger partial charge on any atom is -0.496 e. The predicted octanol–water partition coefficient (Wildman–Crippen LogP) is 5.72. The van der Waals surface area contributed by atoms with Gasteiger partial charge in [0, 0.05) is 29.6 Å². The lowest BCUT2D eigenvalue weighted by Gasteiger charge is -2.14. The van der Waals surface area contributed by atoms with E-state index in [9.17, 15) is 23.2 Å². The van der Waals surface area contributed by atoms with Crippen LogP contribution >= 0.6 is 35.3 Å². The van der Waals surface area contributed by atoms with E-state index in [4.69, 9.17) is 21.7 Å². The van der Waals surface area contributed by atoms with Crippen LogP contribution in [0.25, 0.3) is 17.2 Å². The smallest absolute Gasteiger partial charge is 0.341 e. The van der Waals surface area contributed by atoms with Gasteiger partial charge in [-0.3, -0.25) is 14.5 Å². The monoisotopic (exact) mass is 574 g/mol. The Balaban J connectivity index is 1.38. The zero-order chi connectivity index (χ0) is 27.4. The van der Waals surface area contributed by atoms with Gasteiger partial charge < -0.3 is 14.8 Å². The van der Waals surface area contributed by atoms with Gasteiger partial charge in [0.05, 0.1) is 19.1 Å². The number of halogens is 2. The van der Waals surface area contributed by atoms with E-state index < -0.39 is 17.6 Å². The molecule has 196 valence electrons. The number of hydrogen-bond acceptors (Lipinski definition) is 8. The first-order valence-electron chi connectivity index (χ1n) is 11.1. The van der Waals surface area contributed by atoms with Gasteiger partial charge in [-0.25, -0.2) is 13.6 Å². The maximum Gasteiger partial charge on any atom is 0.341 e. The Morgan fingerprint density at radius 3 is 2.58 bits per heavy atom. The number of anilines is 1. The third-order valence-corrected chi connectivity index (χ3v) is 7.73. The molecule has 0 spiro atoms. The number of ether oxygens (including phenoxy) is 2. The summed E-state index contributed by atoms with van der Waals surface area (Å²) in [5, 5.41) is 4.50. The number of carbonyl (C=O) groups is 3. The van der Waals surface area contributed by atoms with Gasteiger partial charge in [-0.05, 0) is 52.9 Å². The average Bonchev–Trinajstić information content (AvgIpc) is 3.47. The first-order chi connectivity index (χ1) is 18.2. The summed E-state index contributed by atoms with van der Waals surface area (Å²) >= 11 is 7.82. The van der Waals surface area contributed by atoms with Gasteiger partial charge in [0.1, 0.15) is 15.6 Å². The number of methoxy groups -OCH3 is 2. The molecule has 2 heterocycles. The highest BCUT2D eigenvalue weighted by Crippen LogP contribution is 2.35. The molecular formula is C26H20F2N2O5S3. The zero-order valence-electron chi connectivity index (χ0n) is 20.1. The van der Waals surface area contributed by atoms with Crippen molar-refractivity contribution < 1.29 is 32.6 Å². The third kappa shape index (κ3) is 6.09.